The molecule has 7 heteroatoms. The van der Waals surface area contributed by atoms with Crippen molar-refractivity contribution in [2.24, 2.45) is 0 Å². The average Bonchev–Trinajstić information content (AvgIpc) is 3.42. The van der Waals surface area contributed by atoms with Crippen LogP contribution >= 0.6 is 38.9 Å². The second-order valence-electron chi connectivity index (χ2n) is 7.91. The lowest BCUT2D eigenvalue weighted by Crippen LogP contribution is -2.13. The van der Waals surface area contributed by atoms with Crippen LogP contribution in [0.4, 0.5) is 0 Å². The molecule has 0 spiro atoms. The van der Waals surface area contributed by atoms with Crippen LogP contribution in [0.2, 0.25) is 5.02 Å². The van der Waals surface area contributed by atoms with E-state index < -0.39 is 0 Å². The molecule has 2 heterocycles. The van der Waals surface area contributed by atoms with Crippen LogP contribution in [0.15, 0.2) is 76.6 Å². The number of nitrogens with zero attached hydrogens (tertiary/aromatic N) is 2. The number of hydrogen-bond donors (Lipinski definition) is 0. The number of hydrogen-bond acceptors (Lipinski definition) is 4. The van der Waals surface area contributed by atoms with Crippen molar-refractivity contribution in [2.45, 2.75) is 13.3 Å². The fourth-order valence-electron chi connectivity index (χ4n) is 4.12. The Balaban J connectivity index is 1.59. The van der Waals surface area contributed by atoms with E-state index in [0.29, 0.717) is 17.0 Å². The molecular formula is C27H20BrClN2O2S. The Hall–Kier alpha value is -2.93. The van der Waals surface area contributed by atoms with E-state index in [1.165, 1.54) is 0 Å². The highest BCUT2D eigenvalue weighted by molar-refractivity contribution is 9.10. The first-order valence-electron chi connectivity index (χ1n) is 10.6. The fraction of sp³-hybridized carbons (Fsp3) is 0.111. The van der Waals surface area contributed by atoms with Gasteiger partial charge in [-0.15, -0.1) is 11.3 Å². The van der Waals surface area contributed by atoms with E-state index in [4.69, 9.17) is 21.3 Å². The SMILES string of the molecule is COc1ccc2c(c1)c(Cc1nc(-c3cccc(Br)c3)cs1)c(C)n2C(=O)c1ccc(Cl)cc1. The highest BCUT2D eigenvalue weighted by Gasteiger charge is 2.21. The molecule has 0 atom stereocenters. The van der Waals surface area contributed by atoms with Gasteiger partial charge in [0.25, 0.3) is 5.91 Å². The molecule has 0 aliphatic rings. The summed E-state index contributed by atoms with van der Waals surface area (Å²) >= 11 is 11.2. The van der Waals surface area contributed by atoms with Crippen molar-refractivity contribution >= 4 is 55.7 Å². The summed E-state index contributed by atoms with van der Waals surface area (Å²) in [6, 6.07) is 20.9. The van der Waals surface area contributed by atoms with E-state index in [2.05, 4.69) is 33.4 Å². The maximum atomic E-state index is 13.5. The number of thiazole rings is 1. The highest BCUT2D eigenvalue weighted by Crippen LogP contribution is 2.33. The molecule has 0 N–H and O–H groups in total. The summed E-state index contributed by atoms with van der Waals surface area (Å²) in [5.74, 6) is 0.656. The summed E-state index contributed by atoms with van der Waals surface area (Å²) < 4.78 is 8.28. The number of fused-ring (bicyclic) bond motifs is 1. The van der Waals surface area contributed by atoms with E-state index >= 15 is 0 Å². The lowest BCUT2D eigenvalue weighted by atomic mass is 10.1. The van der Waals surface area contributed by atoms with Crippen LogP contribution in [0.1, 0.15) is 26.6 Å². The minimum atomic E-state index is -0.0930. The quantitative estimate of drug-likeness (QED) is 0.224. The number of benzene rings is 3. The van der Waals surface area contributed by atoms with Crippen LogP contribution in [-0.2, 0) is 6.42 Å². The molecule has 0 unspecified atom stereocenters. The zero-order valence-electron chi connectivity index (χ0n) is 18.5. The highest BCUT2D eigenvalue weighted by atomic mass is 79.9. The van der Waals surface area contributed by atoms with Crippen LogP contribution in [0, 0.1) is 6.92 Å². The molecule has 0 aliphatic heterocycles. The smallest absolute Gasteiger partial charge is 0.262 e. The number of rotatable bonds is 5. The second kappa shape index (κ2) is 9.37. The predicted molar refractivity (Wildman–Crippen MR) is 142 cm³/mol. The number of aromatic nitrogens is 2. The first kappa shape index (κ1) is 22.8. The Morgan fingerprint density at radius 3 is 2.65 bits per heavy atom. The number of halogens is 2. The summed E-state index contributed by atoms with van der Waals surface area (Å²) in [6.07, 6.45) is 0.620. The molecule has 34 heavy (non-hydrogen) atoms. The van der Waals surface area contributed by atoms with Crippen LogP contribution in [0.25, 0.3) is 22.2 Å². The van der Waals surface area contributed by atoms with Gasteiger partial charge in [0.15, 0.2) is 0 Å². The molecule has 5 rings (SSSR count). The molecular weight excluding hydrogens is 532 g/mol. The number of carbonyl (C=O) groups is 1. The normalized spacial score (nSPS) is 11.2. The van der Waals surface area contributed by atoms with Crippen molar-refractivity contribution in [1.82, 2.24) is 9.55 Å². The first-order chi connectivity index (χ1) is 16.4. The monoisotopic (exact) mass is 550 g/mol. The molecule has 0 bridgehead atoms. The third-order valence-corrected chi connectivity index (χ3v) is 7.43. The fourth-order valence-corrected chi connectivity index (χ4v) is 5.46. The molecule has 0 saturated heterocycles. The van der Waals surface area contributed by atoms with E-state index in [1.807, 2.05) is 37.3 Å². The number of ether oxygens (including phenoxy) is 1. The van der Waals surface area contributed by atoms with E-state index in [9.17, 15) is 4.79 Å². The minimum absolute atomic E-state index is 0.0930. The Bertz CT molecular complexity index is 1520. The van der Waals surface area contributed by atoms with Gasteiger partial charge in [-0.1, -0.05) is 39.7 Å². The predicted octanol–water partition coefficient (Wildman–Crippen LogP) is 7.78. The Kier molecular flexibility index (Phi) is 6.30. The van der Waals surface area contributed by atoms with Crippen LogP contribution < -0.4 is 4.74 Å². The largest absolute Gasteiger partial charge is 0.497 e. The van der Waals surface area contributed by atoms with Gasteiger partial charge in [0.1, 0.15) is 5.75 Å². The van der Waals surface area contributed by atoms with Gasteiger partial charge in [0, 0.05) is 43.5 Å². The molecule has 2 aromatic heterocycles. The van der Waals surface area contributed by atoms with Crippen molar-refractivity contribution in [3.05, 3.63) is 103 Å². The van der Waals surface area contributed by atoms with E-state index in [-0.39, 0.29) is 5.91 Å². The van der Waals surface area contributed by atoms with Gasteiger partial charge in [-0.25, -0.2) is 4.98 Å². The lowest BCUT2D eigenvalue weighted by molar-refractivity contribution is 0.0963. The lowest BCUT2D eigenvalue weighted by Gasteiger charge is -2.08. The van der Waals surface area contributed by atoms with Crippen molar-refractivity contribution < 1.29 is 9.53 Å². The summed E-state index contributed by atoms with van der Waals surface area (Å²) in [5.41, 5.74) is 5.39. The molecule has 0 saturated carbocycles. The standard InChI is InChI=1S/C27H20BrClN2O2S/c1-16-22(14-26-30-24(15-34-26)18-4-3-5-19(28)12-18)23-13-21(33-2)10-11-25(23)31(16)27(32)17-6-8-20(29)9-7-17/h3-13,15H,14H2,1-2H3. The average molecular weight is 552 g/mol. The van der Waals surface area contributed by atoms with Crippen LogP contribution in [-0.4, -0.2) is 22.6 Å². The third kappa shape index (κ3) is 4.29. The third-order valence-electron chi connectivity index (χ3n) is 5.84. The molecule has 0 fully saturated rings. The van der Waals surface area contributed by atoms with Crippen molar-refractivity contribution in [2.75, 3.05) is 7.11 Å². The molecule has 0 amide bonds. The minimum Gasteiger partial charge on any atom is -0.497 e. The molecule has 4 nitrogen and oxygen atoms in total. The van der Waals surface area contributed by atoms with Gasteiger partial charge >= 0.3 is 0 Å². The van der Waals surface area contributed by atoms with Crippen molar-refractivity contribution in [1.29, 1.82) is 0 Å². The van der Waals surface area contributed by atoms with Gasteiger partial charge in [-0.3, -0.25) is 9.36 Å². The van der Waals surface area contributed by atoms with Crippen molar-refractivity contribution in [3.8, 4) is 17.0 Å². The summed E-state index contributed by atoms with van der Waals surface area (Å²) in [7, 11) is 1.65. The van der Waals surface area contributed by atoms with Crippen LogP contribution in [0.3, 0.4) is 0 Å². The molecule has 3 aromatic carbocycles. The molecule has 0 aliphatic carbocycles. The topological polar surface area (TPSA) is 44.1 Å². The maximum Gasteiger partial charge on any atom is 0.262 e. The summed E-state index contributed by atoms with van der Waals surface area (Å²) in [6.45, 7) is 1.98. The number of carbonyl (C=O) groups excluding carboxylic acids is 1. The van der Waals surface area contributed by atoms with E-state index in [0.717, 1.165) is 48.6 Å². The van der Waals surface area contributed by atoms with Gasteiger partial charge < -0.3 is 4.74 Å². The second-order valence-corrected chi connectivity index (χ2v) is 10.2. The Labute approximate surface area is 214 Å². The maximum absolute atomic E-state index is 13.5. The summed E-state index contributed by atoms with van der Waals surface area (Å²) in [5, 5.41) is 4.64. The van der Waals surface area contributed by atoms with Gasteiger partial charge in [0.2, 0.25) is 0 Å². The Morgan fingerprint density at radius 2 is 1.91 bits per heavy atom. The Morgan fingerprint density at radius 1 is 1.12 bits per heavy atom. The molecule has 0 radical (unpaired) electrons. The number of methoxy groups -OCH3 is 1. The zero-order valence-corrected chi connectivity index (χ0v) is 21.7. The first-order valence-corrected chi connectivity index (χ1v) is 12.7. The van der Waals surface area contributed by atoms with Crippen LogP contribution in [0.5, 0.6) is 5.75 Å². The summed E-state index contributed by atoms with van der Waals surface area (Å²) in [4.78, 5) is 18.4. The molecule has 5 aromatic rings. The molecule has 170 valence electrons. The van der Waals surface area contributed by atoms with Crippen molar-refractivity contribution in [3.63, 3.8) is 0 Å². The van der Waals surface area contributed by atoms with E-state index in [1.54, 1.807) is 47.3 Å². The van der Waals surface area contributed by atoms with Gasteiger partial charge in [0.05, 0.1) is 23.3 Å². The van der Waals surface area contributed by atoms with Gasteiger partial charge in [-0.2, -0.15) is 0 Å². The van der Waals surface area contributed by atoms with Gasteiger partial charge in [-0.05, 0) is 67.1 Å². The zero-order chi connectivity index (χ0) is 23.8.